The third-order valence-electron chi connectivity index (χ3n) is 2.50. The molecule has 1 heterocycles. The Morgan fingerprint density at radius 2 is 2.18 bits per heavy atom. The molecular formula is C10H14N2O4S. The van der Waals surface area contributed by atoms with Crippen molar-refractivity contribution >= 4 is 15.7 Å². The van der Waals surface area contributed by atoms with Crippen LogP contribution in [-0.2, 0) is 14.8 Å². The van der Waals surface area contributed by atoms with Crippen molar-refractivity contribution in [2.45, 2.75) is 10.9 Å². The number of rotatable bonds is 4. The standard InChI is InChI=1S/C10H14N2O4S/c1-15-10-3-2-8(17(11,13)14)4-9(10)12-7-5-16-6-7/h2-4,7,12H,5-6H2,1H3,(H2,11,13,14). The summed E-state index contributed by atoms with van der Waals surface area (Å²) in [5.41, 5.74) is 0.604. The number of hydrogen-bond acceptors (Lipinski definition) is 5. The number of sulfonamides is 1. The average Bonchev–Trinajstić information content (AvgIpc) is 2.22. The summed E-state index contributed by atoms with van der Waals surface area (Å²) in [4.78, 5) is 0.0565. The molecule has 17 heavy (non-hydrogen) atoms. The fraction of sp³-hybridized carbons (Fsp3) is 0.400. The van der Waals surface area contributed by atoms with Crippen molar-refractivity contribution in [2.75, 3.05) is 25.6 Å². The van der Waals surface area contributed by atoms with Crippen molar-refractivity contribution in [3.8, 4) is 5.75 Å². The maximum atomic E-state index is 11.2. The van der Waals surface area contributed by atoms with Crippen molar-refractivity contribution in [3.63, 3.8) is 0 Å². The van der Waals surface area contributed by atoms with Gasteiger partial charge in [-0.15, -0.1) is 0 Å². The lowest BCUT2D eigenvalue weighted by atomic mass is 10.2. The highest BCUT2D eigenvalue weighted by Gasteiger charge is 2.20. The highest BCUT2D eigenvalue weighted by Crippen LogP contribution is 2.28. The number of methoxy groups -OCH3 is 1. The minimum absolute atomic E-state index is 0.0565. The number of anilines is 1. The number of nitrogens with two attached hydrogens (primary N) is 1. The molecule has 0 aromatic heterocycles. The first-order chi connectivity index (χ1) is 8.00. The van der Waals surface area contributed by atoms with Gasteiger partial charge in [0.2, 0.25) is 10.0 Å². The molecule has 7 heteroatoms. The summed E-state index contributed by atoms with van der Waals surface area (Å²) in [5.74, 6) is 0.573. The zero-order chi connectivity index (χ0) is 12.5. The highest BCUT2D eigenvalue weighted by molar-refractivity contribution is 7.89. The molecule has 0 spiro atoms. The van der Waals surface area contributed by atoms with E-state index < -0.39 is 10.0 Å². The fourth-order valence-corrected chi connectivity index (χ4v) is 2.06. The second-order valence-electron chi connectivity index (χ2n) is 3.79. The van der Waals surface area contributed by atoms with E-state index in [1.165, 1.54) is 19.2 Å². The van der Waals surface area contributed by atoms with Crippen LogP contribution in [0.5, 0.6) is 5.75 Å². The second kappa shape index (κ2) is 4.52. The predicted molar refractivity (Wildman–Crippen MR) is 62.6 cm³/mol. The quantitative estimate of drug-likeness (QED) is 0.802. The Morgan fingerprint density at radius 3 is 2.65 bits per heavy atom. The van der Waals surface area contributed by atoms with Gasteiger partial charge in [0.25, 0.3) is 0 Å². The normalized spacial score (nSPS) is 16.4. The molecule has 6 nitrogen and oxygen atoms in total. The molecule has 1 aliphatic heterocycles. The van der Waals surface area contributed by atoms with Crippen molar-refractivity contribution in [2.24, 2.45) is 5.14 Å². The van der Waals surface area contributed by atoms with Crippen molar-refractivity contribution in [1.82, 2.24) is 0 Å². The van der Waals surface area contributed by atoms with Crippen molar-refractivity contribution in [3.05, 3.63) is 18.2 Å². The summed E-state index contributed by atoms with van der Waals surface area (Å²) in [5, 5.41) is 8.21. The molecule has 2 rings (SSSR count). The summed E-state index contributed by atoms with van der Waals surface area (Å²) >= 11 is 0. The van der Waals surface area contributed by atoms with E-state index in [0.717, 1.165) is 0 Å². The number of primary sulfonamides is 1. The maximum absolute atomic E-state index is 11.2. The van der Waals surface area contributed by atoms with Gasteiger partial charge in [0.1, 0.15) is 5.75 Å². The molecular weight excluding hydrogens is 244 g/mol. The van der Waals surface area contributed by atoms with Crippen LogP contribution in [0.1, 0.15) is 0 Å². The van der Waals surface area contributed by atoms with E-state index in [9.17, 15) is 8.42 Å². The monoisotopic (exact) mass is 258 g/mol. The molecule has 0 saturated carbocycles. The molecule has 1 saturated heterocycles. The average molecular weight is 258 g/mol. The smallest absolute Gasteiger partial charge is 0.238 e. The Bertz CT molecular complexity index is 511. The Hall–Kier alpha value is -1.31. The number of hydrogen-bond donors (Lipinski definition) is 2. The number of nitrogens with one attached hydrogen (secondary N) is 1. The Kier molecular flexibility index (Phi) is 3.23. The van der Waals surface area contributed by atoms with Crippen LogP contribution in [0.3, 0.4) is 0 Å². The molecule has 0 atom stereocenters. The maximum Gasteiger partial charge on any atom is 0.238 e. The molecule has 1 aromatic carbocycles. The lowest BCUT2D eigenvalue weighted by Gasteiger charge is -2.28. The van der Waals surface area contributed by atoms with E-state index in [1.807, 2.05) is 0 Å². The van der Waals surface area contributed by atoms with Gasteiger partial charge in [0, 0.05) is 0 Å². The van der Waals surface area contributed by atoms with Crippen LogP contribution in [0.25, 0.3) is 0 Å². The fourth-order valence-electron chi connectivity index (χ4n) is 1.52. The van der Waals surface area contributed by atoms with Crippen LogP contribution < -0.4 is 15.2 Å². The molecule has 0 amide bonds. The highest BCUT2D eigenvalue weighted by atomic mass is 32.2. The second-order valence-corrected chi connectivity index (χ2v) is 5.35. The molecule has 1 aromatic rings. The lowest BCUT2D eigenvalue weighted by Crippen LogP contribution is -2.40. The van der Waals surface area contributed by atoms with Crippen molar-refractivity contribution < 1.29 is 17.9 Å². The van der Waals surface area contributed by atoms with Crippen LogP contribution in [0.15, 0.2) is 23.1 Å². The van der Waals surface area contributed by atoms with Gasteiger partial charge in [-0.1, -0.05) is 0 Å². The van der Waals surface area contributed by atoms with Gasteiger partial charge < -0.3 is 14.8 Å². The largest absolute Gasteiger partial charge is 0.495 e. The van der Waals surface area contributed by atoms with Crippen LogP contribution in [0.4, 0.5) is 5.69 Å². The molecule has 0 bridgehead atoms. The summed E-state index contributed by atoms with van der Waals surface area (Å²) in [6.07, 6.45) is 0. The van der Waals surface area contributed by atoms with Crippen LogP contribution in [0.2, 0.25) is 0 Å². The van der Waals surface area contributed by atoms with E-state index in [-0.39, 0.29) is 10.9 Å². The SMILES string of the molecule is COc1ccc(S(N)(=O)=O)cc1NC1COC1. The molecule has 1 aliphatic rings. The first kappa shape index (κ1) is 12.2. The molecule has 0 radical (unpaired) electrons. The first-order valence-corrected chi connectivity index (χ1v) is 6.60. The van der Waals surface area contributed by atoms with Crippen LogP contribution in [0, 0.1) is 0 Å². The van der Waals surface area contributed by atoms with E-state index in [1.54, 1.807) is 6.07 Å². The third kappa shape index (κ3) is 2.68. The van der Waals surface area contributed by atoms with Crippen LogP contribution in [-0.4, -0.2) is 34.8 Å². The van der Waals surface area contributed by atoms with Gasteiger partial charge in [-0.25, -0.2) is 13.6 Å². The zero-order valence-corrected chi connectivity index (χ0v) is 10.2. The predicted octanol–water partition coefficient (Wildman–Crippen LogP) is 0.153. The number of benzene rings is 1. The minimum Gasteiger partial charge on any atom is -0.495 e. The molecule has 3 N–H and O–H groups in total. The Labute approximate surface area is 99.8 Å². The van der Waals surface area contributed by atoms with Gasteiger partial charge in [-0.3, -0.25) is 0 Å². The molecule has 0 aliphatic carbocycles. The van der Waals surface area contributed by atoms with E-state index >= 15 is 0 Å². The third-order valence-corrected chi connectivity index (χ3v) is 3.41. The summed E-state index contributed by atoms with van der Waals surface area (Å²) in [7, 11) is -2.18. The summed E-state index contributed by atoms with van der Waals surface area (Å²) in [6.45, 7) is 1.20. The van der Waals surface area contributed by atoms with E-state index in [4.69, 9.17) is 14.6 Å². The van der Waals surface area contributed by atoms with E-state index in [2.05, 4.69) is 5.32 Å². The zero-order valence-electron chi connectivity index (χ0n) is 9.34. The van der Waals surface area contributed by atoms with Crippen LogP contribution >= 0.6 is 0 Å². The van der Waals surface area contributed by atoms with Gasteiger partial charge in [-0.05, 0) is 18.2 Å². The number of ether oxygens (including phenoxy) is 2. The first-order valence-electron chi connectivity index (χ1n) is 5.06. The molecule has 94 valence electrons. The minimum atomic E-state index is -3.70. The van der Waals surface area contributed by atoms with E-state index in [0.29, 0.717) is 24.7 Å². The summed E-state index contributed by atoms with van der Waals surface area (Å²) in [6, 6.07) is 4.63. The molecule has 1 fully saturated rings. The van der Waals surface area contributed by atoms with Gasteiger partial charge in [0.05, 0.1) is 36.9 Å². The van der Waals surface area contributed by atoms with Gasteiger partial charge in [0.15, 0.2) is 0 Å². The Morgan fingerprint density at radius 1 is 1.47 bits per heavy atom. The Balaban J connectivity index is 2.32. The lowest BCUT2D eigenvalue weighted by molar-refractivity contribution is 0.0210. The molecule has 0 unspecified atom stereocenters. The van der Waals surface area contributed by atoms with Crippen molar-refractivity contribution in [1.29, 1.82) is 0 Å². The summed E-state index contributed by atoms with van der Waals surface area (Å²) < 4.78 is 32.7. The van der Waals surface area contributed by atoms with Gasteiger partial charge >= 0.3 is 0 Å². The topological polar surface area (TPSA) is 90.7 Å². The van der Waals surface area contributed by atoms with Gasteiger partial charge in [-0.2, -0.15) is 0 Å².